The fraction of sp³-hybridized carbons (Fsp3) is 0.786. The maximum atomic E-state index is 2.85. The first-order valence-electron chi connectivity index (χ1n) is 24.7. The van der Waals surface area contributed by atoms with Gasteiger partial charge in [-0.05, 0) is 173 Å². The van der Waals surface area contributed by atoms with Gasteiger partial charge in [0.1, 0.15) is 0 Å². The van der Waals surface area contributed by atoms with Crippen LogP contribution in [0.1, 0.15) is 221 Å². The van der Waals surface area contributed by atoms with Gasteiger partial charge in [-0.15, -0.1) is 0 Å². The monoisotopic (exact) mass is 761 g/mol. The lowest BCUT2D eigenvalue weighted by atomic mass is 9.42. The van der Waals surface area contributed by atoms with Crippen LogP contribution in [0.5, 0.6) is 0 Å². The Hall–Kier alpha value is -1.56. The van der Waals surface area contributed by atoms with Crippen LogP contribution in [0, 0.1) is 64.1 Å². The van der Waals surface area contributed by atoms with Crippen LogP contribution in [0.25, 0.3) is 11.1 Å². The van der Waals surface area contributed by atoms with Crippen molar-refractivity contribution in [2.24, 2.45) is 64.1 Å². The van der Waals surface area contributed by atoms with Crippen LogP contribution in [0.3, 0.4) is 0 Å². The molecule has 0 N–H and O–H groups in total. The van der Waals surface area contributed by atoms with E-state index in [0.717, 1.165) is 53.3 Å². The number of rotatable bonds is 12. The van der Waals surface area contributed by atoms with Crippen LogP contribution < -0.4 is 0 Å². The fourth-order valence-electron chi connectivity index (χ4n) is 15.3. The zero-order chi connectivity index (χ0) is 40.4. The molecular formula is C56H88. The Balaban J connectivity index is 1.24. The summed E-state index contributed by atoms with van der Waals surface area (Å²) in [5.41, 5.74) is 11.1. The molecule has 0 saturated heterocycles. The van der Waals surface area contributed by atoms with Crippen molar-refractivity contribution in [2.75, 3.05) is 0 Å². The van der Waals surface area contributed by atoms with Crippen molar-refractivity contribution >= 4 is 0 Å². The first kappa shape index (κ1) is 42.6. The third-order valence-corrected chi connectivity index (χ3v) is 18.7. The second-order valence-electron chi connectivity index (χ2n) is 24.3. The van der Waals surface area contributed by atoms with Crippen molar-refractivity contribution in [1.29, 1.82) is 0 Å². The van der Waals surface area contributed by atoms with Crippen molar-refractivity contribution in [3.63, 3.8) is 0 Å². The molecule has 5 aliphatic carbocycles. The van der Waals surface area contributed by atoms with Crippen molar-refractivity contribution in [3.05, 3.63) is 58.7 Å². The largest absolute Gasteiger partial charge is 0.0654 e. The quantitative estimate of drug-likeness (QED) is 0.202. The van der Waals surface area contributed by atoms with Crippen LogP contribution in [0.15, 0.2) is 36.4 Å². The zero-order valence-corrected chi connectivity index (χ0v) is 39.2. The number of benzene rings is 2. The van der Waals surface area contributed by atoms with Crippen LogP contribution >= 0.6 is 0 Å². The van der Waals surface area contributed by atoms with Crippen LogP contribution in [-0.2, 0) is 16.2 Å². The summed E-state index contributed by atoms with van der Waals surface area (Å²) in [7, 11) is 0. The first-order chi connectivity index (χ1) is 26.4. The minimum atomic E-state index is 0.106. The highest BCUT2D eigenvalue weighted by Gasteiger charge is 2.62. The minimum absolute atomic E-state index is 0.106. The van der Waals surface area contributed by atoms with E-state index in [1.807, 2.05) is 0 Å². The molecule has 10 atom stereocenters. The van der Waals surface area contributed by atoms with E-state index in [1.165, 1.54) is 120 Å². The topological polar surface area (TPSA) is 0 Å². The predicted molar refractivity (Wildman–Crippen MR) is 245 cm³/mol. The molecule has 4 saturated carbocycles. The van der Waals surface area contributed by atoms with E-state index in [9.17, 15) is 0 Å². The van der Waals surface area contributed by atoms with E-state index in [0.29, 0.717) is 10.8 Å². The van der Waals surface area contributed by atoms with Crippen LogP contribution in [0.2, 0.25) is 0 Å². The van der Waals surface area contributed by atoms with Crippen LogP contribution in [0.4, 0.5) is 0 Å². The van der Waals surface area contributed by atoms with Gasteiger partial charge in [-0.25, -0.2) is 0 Å². The zero-order valence-electron chi connectivity index (χ0n) is 39.2. The number of hydrogen-bond donors (Lipinski definition) is 0. The molecule has 0 heterocycles. The summed E-state index contributed by atoms with van der Waals surface area (Å²) in [6.45, 7) is 32.7. The van der Waals surface area contributed by atoms with E-state index in [1.54, 1.807) is 22.3 Å². The van der Waals surface area contributed by atoms with Gasteiger partial charge in [-0.1, -0.05) is 171 Å². The second-order valence-corrected chi connectivity index (χ2v) is 24.3. The normalized spacial score (nSPS) is 33.3. The summed E-state index contributed by atoms with van der Waals surface area (Å²) < 4.78 is 0. The van der Waals surface area contributed by atoms with E-state index in [-0.39, 0.29) is 16.2 Å². The summed E-state index contributed by atoms with van der Waals surface area (Å²) in [5.74, 6) is 7.96. The molecule has 4 fully saturated rings. The molecule has 0 heteroatoms. The van der Waals surface area contributed by atoms with E-state index < -0.39 is 0 Å². The highest BCUT2D eigenvalue weighted by Crippen LogP contribution is 2.71. The fourth-order valence-corrected chi connectivity index (χ4v) is 15.3. The lowest BCUT2D eigenvalue weighted by Crippen LogP contribution is -2.55. The molecule has 0 aromatic heterocycles. The molecule has 5 aliphatic rings. The van der Waals surface area contributed by atoms with Gasteiger partial charge >= 0.3 is 0 Å². The molecule has 0 spiro atoms. The summed E-state index contributed by atoms with van der Waals surface area (Å²) >= 11 is 0. The average Bonchev–Trinajstić information content (AvgIpc) is 3.64. The molecule has 0 amide bonds. The maximum Gasteiger partial charge on any atom is 0.0246 e. The van der Waals surface area contributed by atoms with Crippen molar-refractivity contribution in [3.8, 4) is 11.1 Å². The Bertz CT molecular complexity index is 1590. The van der Waals surface area contributed by atoms with Crippen molar-refractivity contribution in [2.45, 2.75) is 215 Å². The summed E-state index contributed by atoms with van der Waals surface area (Å²) in [4.78, 5) is 0. The Morgan fingerprint density at radius 2 is 1.25 bits per heavy atom. The highest BCUT2D eigenvalue weighted by atomic mass is 14.7. The highest BCUT2D eigenvalue weighted by molar-refractivity contribution is 5.82. The summed E-state index contributed by atoms with van der Waals surface area (Å²) in [6.07, 6.45) is 24.4. The standard InChI is InChI=1S/C56H88/c1-14-16-20-39(15-2)36-56(50-34-40(52(6,7)8)21-24-44(50)45-25-22-41(35-51(45)56)53(9,10)11)43-29-31-54(12)42(33-43)23-26-46-48-28-27-47(38(5)19-17-18-37(3)4)55(48,13)32-30-49(46)54/h21-22,24-25,34-35,37-39,42-43,46-49H,14-20,23,26-33,36H2,1-13H3. The molecule has 56 heavy (non-hydrogen) atoms. The van der Waals surface area contributed by atoms with Gasteiger partial charge < -0.3 is 0 Å². The first-order valence-corrected chi connectivity index (χ1v) is 24.7. The molecule has 0 aliphatic heterocycles. The maximum absolute atomic E-state index is 2.85. The van der Waals surface area contributed by atoms with Crippen molar-refractivity contribution < 1.29 is 0 Å². The Morgan fingerprint density at radius 1 is 0.643 bits per heavy atom. The number of unbranched alkanes of at least 4 members (excludes halogenated alkanes) is 1. The van der Waals surface area contributed by atoms with E-state index in [4.69, 9.17) is 0 Å². The van der Waals surface area contributed by atoms with Gasteiger partial charge in [0.25, 0.3) is 0 Å². The van der Waals surface area contributed by atoms with E-state index in [2.05, 4.69) is 126 Å². The average molecular weight is 761 g/mol. The Labute approximate surface area is 348 Å². The predicted octanol–water partition coefficient (Wildman–Crippen LogP) is 16.9. The van der Waals surface area contributed by atoms with Gasteiger partial charge in [0, 0.05) is 5.41 Å². The molecule has 2 aromatic rings. The molecule has 312 valence electrons. The van der Waals surface area contributed by atoms with Gasteiger partial charge in [0.15, 0.2) is 0 Å². The SMILES string of the molecule is CCCCC(CC)CC1(C2CCC3(C)C(CCC4C3CCC3(C)C(C(C)CCCC(C)C)CCC43)C2)c2cc(C(C)(C)C)ccc2-c2ccc(C(C)(C)C)cc21. The Kier molecular flexibility index (Phi) is 12.0. The van der Waals surface area contributed by atoms with Gasteiger partial charge in [0.2, 0.25) is 0 Å². The van der Waals surface area contributed by atoms with Gasteiger partial charge in [0.05, 0.1) is 0 Å². The third kappa shape index (κ3) is 7.35. The lowest BCUT2D eigenvalue weighted by molar-refractivity contribution is -0.125. The lowest BCUT2D eigenvalue weighted by Gasteiger charge is -2.62. The molecule has 2 aromatic carbocycles. The smallest absolute Gasteiger partial charge is 0.0246 e. The molecule has 10 unspecified atom stereocenters. The Morgan fingerprint density at radius 3 is 1.82 bits per heavy atom. The molecular weight excluding hydrogens is 673 g/mol. The number of fused-ring (bicyclic) bond motifs is 8. The van der Waals surface area contributed by atoms with Gasteiger partial charge in [-0.2, -0.15) is 0 Å². The molecule has 0 nitrogen and oxygen atoms in total. The van der Waals surface area contributed by atoms with Crippen molar-refractivity contribution in [1.82, 2.24) is 0 Å². The minimum Gasteiger partial charge on any atom is -0.0654 e. The molecule has 0 radical (unpaired) electrons. The summed E-state index contributed by atoms with van der Waals surface area (Å²) in [5, 5.41) is 0. The molecule has 7 rings (SSSR count). The van der Waals surface area contributed by atoms with Crippen LogP contribution in [-0.4, -0.2) is 0 Å². The van der Waals surface area contributed by atoms with Gasteiger partial charge in [-0.3, -0.25) is 0 Å². The second kappa shape index (κ2) is 15.8. The summed E-state index contributed by atoms with van der Waals surface area (Å²) in [6, 6.07) is 15.6. The third-order valence-electron chi connectivity index (χ3n) is 18.7. The number of hydrogen-bond acceptors (Lipinski definition) is 0. The van der Waals surface area contributed by atoms with E-state index >= 15 is 0 Å². The molecule has 0 bridgehead atoms.